The van der Waals surface area contributed by atoms with E-state index in [0.717, 1.165) is 17.7 Å². The molecule has 0 heterocycles. The Kier molecular flexibility index (Phi) is 6.09. The average molecular weight is 396 g/mol. The van der Waals surface area contributed by atoms with E-state index in [2.05, 4.69) is 42.5 Å². The fourth-order valence-electron chi connectivity index (χ4n) is 3.56. The average Bonchev–Trinajstić information content (AvgIpc) is 2.79. The molecule has 0 radical (unpaired) electrons. The summed E-state index contributed by atoms with van der Waals surface area (Å²) in [6.07, 6.45) is 0.849. The standard InChI is InChI=1S/C27H25NO2/c1-28(27(29)24-10-3-2-4-11-24)20-22-8-7-13-26(19-22)30-17-16-21-14-15-23-9-5-6-12-25(23)18-21/h2-15,18-19H,16-17,20H2,1H3. The van der Waals surface area contributed by atoms with E-state index in [1.807, 2.05) is 61.6 Å². The maximum atomic E-state index is 12.6. The van der Waals surface area contributed by atoms with Gasteiger partial charge in [0, 0.05) is 25.6 Å². The van der Waals surface area contributed by atoms with Crippen molar-refractivity contribution in [2.24, 2.45) is 0 Å². The molecule has 1 amide bonds. The molecule has 3 heteroatoms. The molecule has 4 rings (SSSR count). The second-order valence-electron chi connectivity index (χ2n) is 7.45. The largest absolute Gasteiger partial charge is 0.493 e. The summed E-state index contributed by atoms with van der Waals surface area (Å²) in [7, 11) is 1.82. The molecule has 0 atom stereocenters. The van der Waals surface area contributed by atoms with Crippen molar-refractivity contribution in [3.63, 3.8) is 0 Å². The molecule has 0 saturated heterocycles. The molecule has 0 spiro atoms. The van der Waals surface area contributed by atoms with E-state index in [4.69, 9.17) is 4.74 Å². The zero-order valence-electron chi connectivity index (χ0n) is 17.1. The summed E-state index contributed by atoms with van der Waals surface area (Å²) >= 11 is 0. The first-order valence-corrected chi connectivity index (χ1v) is 10.2. The van der Waals surface area contributed by atoms with Gasteiger partial charge in [-0.1, -0.05) is 72.8 Å². The van der Waals surface area contributed by atoms with Crippen molar-refractivity contribution >= 4 is 16.7 Å². The maximum Gasteiger partial charge on any atom is 0.253 e. The van der Waals surface area contributed by atoms with Gasteiger partial charge >= 0.3 is 0 Å². The highest BCUT2D eigenvalue weighted by Gasteiger charge is 2.11. The smallest absolute Gasteiger partial charge is 0.253 e. The summed E-state index contributed by atoms with van der Waals surface area (Å²) in [5.74, 6) is 0.840. The van der Waals surface area contributed by atoms with Gasteiger partial charge in [0.05, 0.1) is 6.61 Å². The Bertz CT molecular complexity index is 1140. The molecule has 4 aromatic rings. The van der Waals surface area contributed by atoms with Crippen molar-refractivity contribution < 1.29 is 9.53 Å². The number of carbonyl (C=O) groups is 1. The minimum Gasteiger partial charge on any atom is -0.493 e. The van der Waals surface area contributed by atoms with Crippen LogP contribution in [0.15, 0.2) is 97.1 Å². The molecule has 0 aliphatic rings. The molecule has 0 aromatic heterocycles. The van der Waals surface area contributed by atoms with Crippen LogP contribution in [-0.4, -0.2) is 24.5 Å². The van der Waals surface area contributed by atoms with E-state index < -0.39 is 0 Å². The number of nitrogens with zero attached hydrogens (tertiary/aromatic N) is 1. The Labute approximate surface area is 177 Å². The molecule has 0 saturated carbocycles. The Hall–Kier alpha value is -3.59. The molecule has 0 N–H and O–H groups in total. The highest BCUT2D eigenvalue weighted by atomic mass is 16.5. The van der Waals surface area contributed by atoms with Crippen LogP contribution in [0.3, 0.4) is 0 Å². The molecule has 0 aliphatic carbocycles. The molecule has 0 bridgehead atoms. The van der Waals surface area contributed by atoms with E-state index in [1.165, 1.54) is 16.3 Å². The molecule has 4 aromatic carbocycles. The van der Waals surface area contributed by atoms with E-state index in [-0.39, 0.29) is 5.91 Å². The molecular formula is C27H25NO2. The van der Waals surface area contributed by atoms with E-state index in [9.17, 15) is 4.79 Å². The SMILES string of the molecule is CN(Cc1cccc(OCCc2ccc3ccccc3c2)c1)C(=O)c1ccccc1. The Morgan fingerprint density at radius 1 is 0.767 bits per heavy atom. The Morgan fingerprint density at radius 3 is 2.37 bits per heavy atom. The second kappa shape index (κ2) is 9.27. The number of amides is 1. The minimum absolute atomic E-state index is 0.0122. The van der Waals surface area contributed by atoms with Gasteiger partial charge in [-0.25, -0.2) is 0 Å². The van der Waals surface area contributed by atoms with E-state index >= 15 is 0 Å². The minimum atomic E-state index is 0.0122. The van der Waals surface area contributed by atoms with Gasteiger partial charge in [-0.3, -0.25) is 4.79 Å². The molecule has 30 heavy (non-hydrogen) atoms. The normalized spacial score (nSPS) is 10.7. The predicted octanol–water partition coefficient (Wildman–Crippen LogP) is 5.73. The van der Waals surface area contributed by atoms with Crippen LogP contribution >= 0.6 is 0 Å². The fourth-order valence-corrected chi connectivity index (χ4v) is 3.56. The zero-order chi connectivity index (χ0) is 20.8. The number of hydrogen-bond acceptors (Lipinski definition) is 2. The third kappa shape index (κ3) is 4.87. The first-order chi connectivity index (χ1) is 14.7. The highest BCUT2D eigenvalue weighted by Crippen LogP contribution is 2.18. The lowest BCUT2D eigenvalue weighted by Gasteiger charge is -2.18. The monoisotopic (exact) mass is 395 g/mol. The summed E-state index contributed by atoms with van der Waals surface area (Å²) in [6.45, 7) is 1.15. The lowest BCUT2D eigenvalue weighted by molar-refractivity contribution is 0.0785. The highest BCUT2D eigenvalue weighted by molar-refractivity contribution is 5.93. The number of benzene rings is 4. The van der Waals surface area contributed by atoms with Crippen LogP contribution in [0.2, 0.25) is 0 Å². The summed E-state index contributed by atoms with van der Waals surface area (Å²) < 4.78 is 5.99. The molecule has 0 unspecified atom stereocenters. The van der Waals surface area contributed by atoms with Crippen LogP contribution in [0.1, 0.15) is 21.5 Å². The molecule has 3 nitrogen and oxygen atoms in total. The first-order valence-electron chi connectivity index (χ1n) is 10.2. The van der Waals surface area contributed by atoms with Crippen molar-refractivity contribution in [2.45, 2.75) is 13.0 Å². The van der Waals surface area contributed by atoms with Gasteiger partial charge in [-0.15, -0.1) is 0 Å². The van der Waals surface area contributed by atoms with Gasteiger partial charge in [0.1, 0.15) is 5.75 Å². The van der Waals surface area contributed by atoms with Gasteiger partial charge in [-0.2, -0.15) is 0 Å². The van der Waals surface area contributed by atoms with Crippen LogP contribution < -0.4 is 4.74 Å². The van der Waals surface area contributed by atoms with Crippen molar-refractivity contribution in [2.75, 3.05) is 13.7 Å². The quantitative estimate of drug-likeness (QED) is 0.400. The molecule has 0 fully saturated rings. The summed E-state index contributed by atoms with van der Waals surface area (Å²) in [6, 6.07) is 32.2. The first kappa shape index (κ1) is 19.7. The van der Waals surface area contributed by atoms with Crippen LogP contribution in [0.25, 0.3) is 10.8 Å². The van der Waals surface area contributed by atoms with Gasteiger partial charge in [-0.05, 0) is 46.2 Å². The van der Waals surface area contributed by atoms with E-state index in [0.29, 0.717) is 18.7 Å². The fraction of sp³-hybridized carbons (Fsp3) is 0.148. The molecular weight excluding hydrogens is 370 g/mol. The number of ether oxygens (including phenoxy) is 1. The van der Waals surface area contributed by atoms with Crippen LogP contribution in [0.4, 0.5) is 0 Å². The van der Waals surface area contributed by atoms with Crippen LogP contribution in [-0.2, 0) is 13.0 Å². The Balaban J connectivity index is 1.34. The summed E-state index contributed by atoms with van der Waals surface area (Å²) in [5, 5.41) is 2.51. The molecule has 0 aliphatic heterocycles. The third-order valence-electron chi connectivity index (χ3n) is 5.16. The van der Waals surface area contributed by atoms with Gasteiger partial charge in [0.25, 0.3) is 5.91 Å². The van der Waals surface area contributed by atoms with Crippen molar-refractivity contribution in [3.8, 4) is 5.75 Å². The van der Waals surface area contributed by atoms with Crippen molar-refractivity contribution in [1.29, 1.82) is 0 Å². The predicted molar refractivity (Wildman–Crippen MR) is 122 cm³/mol. The number of rotatable bonds is 7. The zero-order valence-corrected chi connectivity index (χ0v) is 17.1. The van der Waals surface area contributed by atoms with Gasteiger partial charge in [0.15, 0.2) is 0 Å². The maximum absolute atomic E-state index is 12.6. The van der Waals surface area contributed by atoms with Crippen molar-refractivity contribution in [1.82, 2.24) is 4.90 Å². The number of fused-ring (bicyclic) bond motifs is 1. The summed E-state index contributed by atoms with van der Waals surface area (Å²) in [4.78, 5) is 14.3. The number of hydrogen-bond donors (Lipinski definition) is 0. The van der Waals surface area contributed by atoms with Crippen LogP contribution in [0.5, 0.6) is 5.75 Å². The van der Waals surface area contributed by atoms with Gasteiger partial charge in [0.2, 0.25) is 0 Å². The number of carbonyl (C=O) groups excluding carboxylic acids is 1. The van der Waals surface area contributed by atoms with E-state index in [1.54, 1.807) is 4.90 Å². The van der Waals surface area contributed by atoms with Crippen molar-refractivity contribution in [3.05, 3.63) is 114 Å². The lowest BCUT2D eigenvalue weighted by atomic mass is 10.1. The second-order valence-corrected chi connectivity index (χ2v) is 7.45. The Morgan fingerprint density at radius 2 is 1.53 bits per heavy atom. The lowest BCUT2D eigenvalue weighted by Crippen LogP contribution is -2.26. The summed E-state index contributed by atoms with van der Waals surface area (Å²) in [5.41, 5.74) is 3.01. The third-order valence-corrected chi connectivity index (χ3v) is 5.16. The van der Waals surface area contributed by atoms with Gasteiger partial charge < -0.3 is 9.64 Å². The van der Waals surface area contributed by atoms with Crippen LogP contribution in [0, 0.1) is 0 Å². The molecule has 150 valence electrons. The topological polar surface area (TPSA) is 29.5 Å².